The lowest BCUT2D eigenvalue weighted by Gasteiger charge is -2.10. The van der Waals surface area contributed by atoms with E-state index >= 15 is 0 Å². The molecule has 17 heavy (non-hydrogen) atoms. The van der Waals surface area contributed by atoms with Crippen LogP contribution in [0.2, 0.25) is 0 Å². The van der Waals surface area contributed by atoms with E-state index in [0.717, 1.165) is 18.8 Å². The Balaban J connectivity index is 2.10. The molecule has 0 saturated carbocycles. The number of amides is 1. The fourth-order valence-corrected chi connectivity index (χ4v) is 1.37. The normalized spacial score (nSPS) is 10.5. The number of hydrogen-bond acceptors (Lipinski definition) is 3. The molecule has 0 bridgehead atoms. The smallest absolute Gasteiger partial charge is 0.225 e. The maximum Gasteiger partial charge on any atom is 0.225 e. The first kappa shape index (κ1) is 13.7. The summed E-state index contributed by atoms with van der Waals surface area (Å²) in [6, 6.07) is 9.52. The van der Waals surface area contributed by atoms with E-state index in [0.29, 0.717) is 13.0 Å². The van der Waals surface area contributed by atoms with E-state index in [1.807, 2.05) is 44.4 Å². The summed E-state index contributed by atoms with van der Waals surface area (Å²) < 4.78 is 0. The van der Waals surface area contributed by atoms with Crippen LogP contribution in [0.15, 0.2) is 30.3 Å². The van der Waals surface area contributed by atoms with Crippen LogP contribution in [0.25, 0.3) is 0 Å². The molecule has 4 heteroatoms. The molecule has 0 fully saturated rings. The Morgan fingerprint density at radius 3 is 2.53 bits per heavy atom. The number of carbonyl (C=O) groups excluding carboxylic acids is 1. The van der Waals surface area contributed by atoms with E-state index in [4.69, 9.17) is 0 Å². The van der Waals surface area contributed by atoms with Gasteiger partial charge in [-0.3, -0.25) is 4.79 Å². The lowest BCUT2D eigenvalue weighted by atomic mass is 10.3. The van der Waals surface area contributed by atoms with Gasteiger partial charge in [-0.05, 0) is 26.2 Å². The maximum atomic E-state index is 11.5. The molecule has 1 aromatic carbocycles. The second-order valence-corrected chi connectivity index (χ2v) is 4.22. The molecular formula is C13H21N3O. The minimum Gasteiger partial charge on any atom is -0.326 e. The predicted molar refractivity (Wildman–Crippen MR) is 71.1 cm³/mol. The van der Waals surface area contributed by atoms with E-state index in [1.165, 1.54) is 0 Å². The van der Waals surface area contributed by atoms with Crippen molar-refractivity contribution in [1.82, 2.24) is 10.2 Å². The van der Waals surface area contributed by atoms with Crippen LogP contribution in [0.4, 0.5) is 5.69 Å². The van der Waals surface area contributed by atoms with Crippen LogP contribution >= 0.6 is 0 Å². The van der Waals surface area contributed by atoms with E-state index in [1.54, 1.807) is 0 Å². The number of carbonyl (C=O) groups is 1. The molecule has 0 aliphatic carbocycles. The summed E-state index contributed by atoms with van der Waals surface area (Å²) in [4.78, 5) is 13.7. The number of rotatable bonds is 7. The zero-order valence-electron chi connectivity index (χ0n) is 10.6. The number of anilines is 1. The molecule has 0 spiro atoms. The molecule has 2 N–H and O–H groups in total. The summed E-state index contributed by atoms with van der Waals surface area (Å²) >= 11 is 0. The summed E-state index contributed by atoms with van der Waals surface area (Å²) in [5.74, 6) is 0.0496. The first-order valence-corrected chi connectivity index (χ1v) is 5.89. The van der Waals surface area contributed by atoms with Crippen LogP contribution in [0, 0.1) is 0 Å². The average Bonchev–Trinajstić information content (AvgIpc) is 2.29. The van der Waals surface area contributed by atoms with Crippen LogP contribution in [0.5, 0.6) is 0 Å². The monoisotopic (exact) mass is 235 g/mol. The molecule has 0 atom stereocenters. The lowest BCUT2D eigenvalue weighted by molar-refractivity contribution is -0.116. The average molecular weight is 235 g/mol. The number of hydrogen-bond donors (Lipinski definition) is 2. The molecule has 1 rings (SSSR count). The van der Waals surface area contributed by atoms with Crippen molar-refractivity contribution in [1.29, 1.82) is 0 Å². The zero-order chi connectivity index (χ0) is 12.5. The fourth-order valence-electron chi connectivity index (χ4n) is 1.37. The van der Waals surface area contributed by atoms with Crippen LogP contribution in [0.1, 0.15) is 6.42 Å². The van der Waals surface area contributed by atoms with Gasteiger partial charge >= 0.3 is 0 Å². The number of nitrogens with one attached hydrogen (secondary N) is 2. The highest BCUT2D eigenvalue weighted by Crippen LogP contribution is 2.04. The lowest BCUT2D eigenvalue weighted by Crippen LogP contribution is -2.29. The molecule has 1 aromatic rings. The molecule has 4 nitrogen and oxygen atoms in total. The Kier molecular flexibility index (Phi) is 6.29. The molecule has 0 aromatic heterocycles. The van der Waals surface area contributed by atoms with Gasteiger partial charge in [-0.2, -0.15) is 0 Å². The Bertz CT molecular complexity index is 325. The van der Waals surface area contributed by atoms with Gasteiger partial charge in [-0.1, -0.05) is 18.2 Å². The van der Waals surface area contributed by atoms with Gasteiger partial charge in [0.15, 0.2) is 0 Å². The minimum atomic E-state index is 0.0496. The third-order valence-electron chi connectivity index (χ3n) is 2.32. The van der Waals surface area contributed by atoms with E-state index < -0.39 is 0 Å². The van der Waals surface area contributed by atoms with Gasteiger partial charge < -0.3 is 15.5 Å². The molecule has 94 valence electrons. The number of likely N-dealkylation sites (N-methyl/N-ethyl adjacent to an activating group) is 1. The second-order valence-electron chi connectivity index (χ2n) is 4.22. The van der Waals surface area contributed by atoms with E-state index in [2.05, 4.69) is 15.5 Å². The molecule has 0 unspecified atom stereocenters. The highest BCUT2D eigenvalue weighted by atomic mass is 16.1. The Labute approximate surface area is 103 Å². The van der Waals surface area contributed by atoms with Crippen molar-refractivity contribution >= 4 is 11.6 Å². The van der Waals surface area contributed by atoms with Gasteiger partial charge in [0.25, 0.3) is 0 Å². The number of para-hydroxylation sites is 1. The first-order chi connectivity index (χ1) is 8.18. The summed E-state index contributed by atoms with van der Waals surface area (Å²) in [5.41, 5.74) is 0.853. The number of nitrogens with zero attached hydrogens (tertiary/aromatic N) is 1. The van der Waals surface area contributed by atoms with Crippen LogP contribution in [-0.4, -0.2) is 44.5 Å². The van der Waals surface area contributed by atoms with Crippen molar-refractivity contribution in [3.05, 3.63) is 30.3 Å². The SMILES string of the molecule is CN(C)CCNCCC(=O)Nc1ccccc1. The highest BCUT2D eigenvalue weighted by Gasteiger charge is 2.00. The van der Waals surface area contributed by atoms with E-state index in [-0.39, 0.29) is 5.91 Å². The third kappa shape index (κ3) is 6.71. The van der Waals surface area contributed by atoms with Gasteiger partial charge in [0.05, 0.1) is 0 Å². The van der Waals surface area contributed by atoms with Crippen LogP contribution < -0.4 is 10.6 Å². The molecule has 0 heterocycles. The molecule has 0 aliphatic heterocycles. The Morgan fingerprint density at radius 2 is 1.88 bits per heavy atom. The Morgan fingerprint density at radius 1 is 1.18 bits per heavy atom. The molecule has 1 amide bonds. The molecular weight excluding hydrogens is 214 g/mol. The standard InChI is InChI=1S/C13H21N3O/c1-16(2)11-10-14-9-8-13(17)15-12-6-4-3-5-7-12/h3-7,14H,8-11H2,1-2H3,(H,15,17). The first-order valence-electron chi connectivity index (χ1n) is 5.89. The predicted octanol–water partition coefficient (Wildman–Crippen LogP) is 1.17. The third-order valence-corrected chi connectivity index (χ3v) is 2.32. The Hall–Kier alpha value is -1.39. The summed E-state index contributed by atoms with van der Waals surface area (Å²) in [7, 11) is 4.06. The second kappa shape index (κ2) is 7.81. The largest absolute Gasteiger partial charge is 0.326 e. The van der Waals surface area contributed by atoms with Gasteiger partial charge in [0, 0.05) is 31.7 Å². The van der Waals surface area contributed by atoms with Gasteiger partial charge in [-0.25, -0.2) is 0 Å². The van der Waals surface area contributed by atoms with Crippen molar-refractivity contribution in [2.45, 2.75) is 6.42 Å². The van der Waals surface area contributed by atoms with Gasteiger partial charge in [-0.15, -0.1) is 0 Å². The number of benzene rings is 1. The van der Waals surface area contributed by atoms with Crippen LogP contribution in [-0.2, 0) is 4.79 Å². The van der Waals surface area contributed by atoms with Crippen molar-refractivity contribution in [3.8, 4) is 0 Å². The fraction of sp³-hybridized carbons (Fsp3) is 0.462. The van der Waals surface area contributed by atoms with Crippen LogP contribution in [0.3, 0.4) is 0 Å². The van der Waals surface area contributed by atoms with Crippen molar-refractivity contribution < 1.29 is 4.79 Å². The topological polar surface area (TPSA) is 44.4 Å². The van der Waals surface area contributed by atoms with E-state index in [9.17, 15) is 4.79 Å². The summed E-state index contributed by atoms with van der Waals surface area (Å²) in [5, 5.41) is 6.08. The molecule has 0 aliphatic rings. The zero-order valence-corrected chi connectivity index (χ0v) is 10.6. The van der Waals surface area contributed by atoms with Crippen molar-refractivity contribution in [3.63, 3.8) is 0 Å². The summed E-state index contributed by atoms with van der Waals surface area (Å²) in [6.07, 6.45) is 0.502. The minimum absolute atomic E-state index is 0.0496. The highest BCUT2D eigenvalue weighted by molar-refractivity contribution is 5.90. The molecule has 0 saturated heterocycles. The van der Waals surface area contributed by atoms with Crippen molar-refractivity contribution in [2.24, 2.45) is 0 Å². The van der Waals surface area contributed by atoms with Crippen molar-refractivity contribution in [2.75, 3.05) is 39.0 Å². The maximum absolute atomic E-state index is 11.5. The van der Waals surface area contributed by atoms with Gasteiger partial charge in [0.2, 0.25) is 5.91 Å². The quantitative estimate of drug-likeness (QED) is 0.697. The molecule has 0 radical (unpaired) electrons. The summed E-state index contributed by atoms with van der Waals surface area (Å²) in [6.45, 7) is 2.61. The van der Waals surface area contributed by atoms with Gasteiger partial charge in [0.1, 0.15) is 0 Å².